The van der Waals surface area contributed by atoms with Crippen LogP contribution in [-0.2, 0) is 6.54 Å². The van der Waals surface area contributed by atoms with Crippen LogP contribution in [0.3, 0.4) is 0 Å². The molecule has 1 fully saturated rings. The summed E-state index contributed by atoms with van der Waals surface area (Å²) in [5.74, 6) is 0. The zero-order valence-electron chi connectivity index (χ0n) is 11.1. The third-order valence-electron chi connectivity index (χ3n) is 2.97. The molecule has 4 nitrogen and oxygen atoms in total. The average molecular weight is 237 g/mol. The van der Waals surface area contributed by atoms with E-state index < -0.39 is 0 Å². The minimum atomic E-state index is 0.115. The fraction of sp³-hybridized carbons (Fsp3) is 0.769. The smallest absolute Gasteiger partial charge is 0.297 e. The summed E-state index contributed by atoms with van der Waals surface area (Å²) in [6, 6.07) is 0.787. The molecule has 1 aliphatic rings. The number of nitrogens with zero attached hydrogens (tertiary/aromatic N) is 2. The highest BCUT2D eigenvalue weighted by Gasteiger charge is 2.16. The van der Waals surface area contributed by atoms with Crippen LogP contribution in [0.4, 0.5) is 6.01 Å². The van der Waals surface area contributed by atoms with Crippen molar-refractivity contribution in [2.45, 2.75) is 52.1 Å². The van der Waals surface area contributed by atoms with Gasteiger partial charge in [-0.25, -0.2) is 0 Å². The van der Waals surface area contributed by atoms with E-state index in [1.807, 2.05) is 0 Å². The number of anilines is 1. The molecule has 17 heavy (non-hydrogen) atoms. The standard InChI is InChI=1S/C13H23N3O/c1-13(2,3)14-9-11-10-17-12(15-11)16-7-5-4-6-8-16/h10,14H,4-9H2,1-3H3. The Balaban J connectivity index is 1.91. The molecule has 0 unspecified atom stereocenters. The van der Waals surface area contributed by atoms with Crippen LogP contribution in [0.25, 0.3) is 0 Å². The number of piperidine rings is 1. The molecule has 0 spiro atoms. The van der Waals surface area contributed by atoms with Gasteiger partial charge in [-0.3, -0.25) is 0 Å². The first-order chi connectivity index (χ1) is 8.04. The highest BCUT2D eigenvalue weighted by atomic mass is 16.4. The van der Waals surface area contributed by atoms with Crippen molar-refractivity contribution < 1.29 is 4.42 Å². The Kier molecular flexibility index (Phi) is 3.72. The van der Waals surface area contributed by atoms with Gasteiger partial charge in [0, 0.05) is 25.2 Å². The van der Waals surface area contributed by atoms with Crippen molar-refractivity contribution in [3.8, 4) is 0 Å². The number of rotatable bonds is 3. The molecule has 1 N–H and O–H groups in total. The van der Waals surface area contributed by atoms with E-state index in [0.29, 0.717) is 0 Å². The number of nitrogens with one attached hydrogen (secondary N) is 1. The number of aromatic nitrogens is 1. The number of oxazole rings is 1. The molecule has 0 aromatic carbocycles. The summed E-state index contributed by atoms with van der Waals surface area (Å²) in [6.45, 7) is 9.37. The van der Waals surface area contributed by atoms with Crippen LogP contribution in [0, 0.1) is 0 Å². The topological polar surface area (TPSA) is 41.3 Å². The van der Waals surface area contributed by atoms with Crippen molar-refractivity contribution in [1.29, 1.82) is 0 Å². The Bertz CT molecular complexity index is 348. The Hall–Kier alpha value is -1.03. The van der Waals surface area contributed by atoms with E-state index in [1.165, 1.54) is 19.3 Å². The summed E-state index contributed by atoms with van der Waals surface area (Å²) < 4.78 is 5.54. The van der Waals surface area contributed by atoms with E-state index >= 15 is 0 Å². The zero-order chi connectivity index (χ0) is 12.3. The van der Waals surface area contributed by atoms with Gasteiger partial charge in [-0.1, -0.05) is 0 Å². The van der Waals surface area contributed by atoms with Crippen molar-refractivity contribution >= 4 is 6.01 Å². The van der Waals surface area contributed by atoms with Gasteiger partial charge in [0.1, 0.15) is 6.26 Å². The van der Waals surface area contributed by atoms with Gasteiger partial charge in [0.25, 0.3) is 6.01 Å². The second-order valence-corrected chi connectivity index (χ2v) is 5.77. The van der Waals surface area contributed by atoms with Gasteiger partial charge in [0.15, 0.2) is 0 Å². The summed E-state index contributed by atoms with van der Waals surface area (Å²) in [5.41, 5.74) is 1.10. The molecule has 0 saturated carbocycles. The summed E-state index contributed by atoms with van der Waals surface area (Å²) >= 11 is 0. The molecule has 1 aromatic rings. The van der Waals surface area contributed by atoms with Crippen LogP contribution in [0.1, 0.15) is 45.7 Å². The molecule has 1 aromatic heterocycles. The summed E-state index contributed by atoms with van der Waals surface area (Å²) in [5, 5.41) is 3.41. The Labute approximate surface area is 103 Å². The first kappa shape index (κ1) is 12.4. The highest BCUT2D eigenvalue weighted by Crippen LogP contribution is 2.19. The van der Waals surface area contributed by atoms with Gasteiger partial charge in [-0.15, -0.1) is 0 Å². The number of hydrogen-bond acceptors (Lipinski definition) is 4. The SMILES string of the molecule is CC(C)(C)NCc1coc(N2CCCCC2)n1. The molecule has 0 atom stereocenters. The van der Waals surface area contributed by atoms with Crippen LogP contribution in [0.2, 0.25) is 0 Å². The highest BCUT2D eigenvalue weighted by molar-refractivity contribution is 5.27. The molecular weight excluding hydrogens is 214 g/mol. The Morgan fingerprint density at radius 1 is 1.29 bits per heavy atom. The van der Waals surface area contributed by atoms with Crippen LogP contribution >= 0.6 is 0 Å². The van der Waals surface area contributed by atoms with Gasteiger partial charge in [0.05, 0.1) is 5.69 Å². The largest absolute Gasteiger partial charge is 0.432 e. The molecule has 0 bridgehead atoms. The molecule has 0 amide bonds. The van der Waals surface area contributed by atoms with Crippen molar-refractivity contribution in [1.82, 2.24) is 10.3 Å². The predicted octanol–water partition coefficient (Wildman–Crippen LogP) is 2.55. The Morgan fingerprint density at radius 3 is 2.65 bits per heavy atom. The minimum Gasteiger partial charge on any atom is -0.432 e. The lowest BCUT2D eigenvalue weighted by Crippen LogP contribution is -2.35. The summed E-state index contributed by atoms with van der Waals surface area (Å²) in [6.07, 6.45) is 5.59. The lowest BCUT2D eigenvalue weighted by molar-refractivity contribution is 0.421. The lowest BCUT2D eigenvalue weighted by atomic mass is 10.1. The van der Waals surface area contributed by atoms with E-state index in [-0.39, 0.29) is 5.54 Å². The fourth-order valence-corrected chi connectivity index (χ4v) is 1.96. The quantitative estimate of drug-likeness (QED) is 0.877. The number of hydrogen-bond donors (Lipinski definition) is 1. The summed E-state index contributed by atoms with van der Waals surface area (Å²) in [7, 11) is 0. The van der Waals surface area contributed by atoms with E-state index in [1.54, 1.807) is 6.26 Å². The maximum absolute atomic E-state index is 5.54. The first-order valence-corrected chi connectivity index (χ1v) is 6.49. The van der Waals surface area contributed by atoms with Gasteiger partial charge < -0.3 is 14.6 Å². The van der Waals surface area contributed by atoms with E-state index in [0.717, 1.165) is 31.3 Å². The molecule has 96 valence electrons. The van der Waals surface area contributed by atoms with Crippen molar-refractivity contribution in [2.24, 2.45) is 0 Å². The maximum atomic E-state index is 5.54. The summed E-state index contributed by atoms with van der Waals surface area (Å²) in [4.78, 5) is 6.77. The molecule has 4 heteroatoms. The van der Waals surface area contributed by atoms with E-state index in [4.69, 9.17) is 4.42 Å². The maximum Gasteiger partial charge on any atom is 0.297 e. The molecule has 2 heterocycles. The van der Waals surface area contributed by atoms with E-state index in [2.05, 4.69) is 36.0 Å². The molecular formula is C13H23N3O. The van der Waals surface area contributed by atoms with E-state index in [9.17, 15) is 0 Å². The lowest BCUT2D eigenvalue weighted by Gasteiger charge is -2.24. The third kappa shape index (κ3) is 3.73. The monoisotopic (exact) mass is 237 g/mol. The molecule has 1 aliphatic heterocycles. The van der Waals surface area contributed by atoms with Crippen LogP contribution in [-0.4, -0.2) is 23.6 Å². The normalized spacial score (nSPS) is 17.5. The van der Waals surface area contributed by atoms with Crippen LogP contribution in [0.15, 0.2) is 10.7 Å². The first-order valence-electron chi connectivity index (χ1n) is 6.49. The van der Waals surface area contributed by atoms with Crippen LogP contribution in [0.5, 0.6) is 0 Å². The second-order valence-electron chi connectivity index (χ2n) is 5.77. The third-order valence-corrected chi connectivity index (χ3v) is 2.97. The Morgan fingerprint density at radius 2 is 2.00 bits per heavy atom. The molecule has 0 aliphatic carbocycles. The zero-order valence-corrected chi connectivity index (χ0v) is 11.1. The second kappa shape index (κ2) is 5.08. The average Bonchev–Trinajstić information content (AvgIpc) is 2.75. The van der Waals surface area contributed by atoms with Gasteiger partial charge in [-0.2, -0.15) is 4.98 Å². The minimum absolute atomic E-state index is 0.115. The van der Waals surface area contributed by atoms with Crippen molar-refractivity contribution in [3.63, 3.8) is 0 Å². The van der Waals surface area contributed by atoms with Crippen molar-refractivity contribution in [3.05, 3.63) is 12.0 Å². The van der Waals surface area contributed by atoms with Crippen LogP contribution < -0.4 is 10.2 Å². The van der Waals surface area contributed by atoms with Gasteiger partial charge in [-0.05, 0) is 40.0 Å². The van der Waals surface area contributed by atoms with Gasteiger partial charge in [0.2, 0.25) is 0 Å². The molecule has 1 saturated heterocycles. The molecule has 2 rings (SSSR count). The fourth-order valence-electron chi connectivity index (χ4n) is 1.96. The van der Waals surface area contributed by atoms with Gasteiger partial charge >= 0.3 is 0 Å². The predicted molar refractivity (Wildman–Crippen MR) is 69.2 cm³/mol. The van der Waals surface area contributed by atoms with Crippen molar-refractivity contribution in [2.75, 3.05) is 18.0 Å². The molecule has 0 radical (unpaired) electrons.